The Kier molecular flexibility index (Phi) is 7.37. The first kappa shape index (κ1) is 25.4. The molecule has 0 atom stereocenters. The molecular formula is C29H27N3O5S. The number of carbonyl (C=O) groups excluding carboxylic acids is 2. The normalized spacial score (nSPS) is 12.9. The second-order valence-corrected chi connectivity index (χ2v) is 9.92. The van der Waals surface area contributed by atoms with E-state index in [4.69, 9.17) is 9.47 Å². The van der Waals surface area contributed by atoms with Gasteiger partial charge in [-0.1, -0.05) is 24.3 Å². The molecule has 0 bridgehead atoms. The summed E-state index contributed by atoms with van der Waals surface area (Å²) < 4.78 is 10.5. The minimum Gasteiger partial charge on any atom is -0.505 e. The summed E-state index contributed by atoms with van der Waals surface area (Å²) >= 11 is 1.43. The summed E-state index contributed by atoms with van der Waals surface area (Å²) in [6.07, 6.45) is 3.74. The van der Waals surface area contributed by atoms with Gasteiger partial charge in [0, 0.05) is 16.0 Å². The number of nitrogens with one attached hydrogen (secondary N) is 1. The molecule has 0 radical (unpaired) electrons. The van der Waals surface area contributed by atoms with Crippen LogP contribution < -0.4 is 10.1 Å². The lowest BCUT2D eigenvalue weighted by atomic mass is 9.95. The summed E-state index contributed by atoms with van der Waals surface area (Å²) in [6.45, 7) is 2.03. The van der Waals surface area contributed by atoms with E-state index in [0.717, 1.165) is 41.5 Å². The lowest BCUT2D eigenvalue weighted by Gasteiger charge is -2.12. The van der Waals surface area contributed by atoms with Crippen LogP contribution in [0.3, 0.4) is 0 Å². The molecule has 0 unspecified atom stereocenters. The van der Waals surface area contributed by atoms with Crippen LogP contribution >= 0.6 is 11.3 Å². The van der Waals surface area contributed by atoms with Crippen molar-refractivity contribution >= 4 is 50.4 Å². The summed E-state index contributed by atoms with van der Waals surface area (Å²) in [5.41, 5.74) is 2.20. The first-order valence-electron chi connectivity index (χ1n) is 12.4. The number of ether oxygens (including phenoxy) is 2. The standard InChI is InChI=1S/C29H27N3O5S/c1-3-37-29(35)24-21-10-6-7-11-23(21)38-28(24)32-31-25-20-9-5-4-8-17(20)16-22(26(25)33)27(34)30-18-12-14-19(36-2)15-13-18/h4-5,8-9,12-16,33H,3,6-7,10-11H2,1-2H3,(H,30,34)/b32-31+. The third-order valence-corrected chi connectivity index (χ3v) is 7.64. The van der Waals surface area contributed by atoms with Crippen molar-refractivity contribution in [3.8, 4) is 11.5 Å². The van der Waals surface area contributed by atoms with E-state index in [1.807, 2.05) is 18.2 Å². The fourth-order valence-corrected chi connectivity index (χ4v) is 5.79. The Bertz CT molecular complexity index is 1540. The van der Waals surface area contributed by atoms with Crippen molar-refractivity contribution in [1.29, 1.82) is 0 Å². The topological polar surface area (TPSA) is 110 Å². The van der Waals surface area contributed by atoms with E-state index >= 15 is 0 Å². The number of thiophene rings is 1. The number of anilines is 1. The van der Waals surface area contributed by atoms with Gasteiger partial charge in [0.2, 0.25) is 0 Å². The second-order valence-electron chi connectivity index (χ2n) is 8.84. The number of aryl methyl sites for hydroxylation is 1. The monoisotopic (exact) mass is 529 g/mol. The van der Waals surface area contributed by atoms with E-state index in [0.29, 0.717) is 27.4 Å². The van der Waals surface area contributed by atoms with Crippen molar-refractivity contribution in [2.24, 2.45) is 10.2 Å². The smallest absolute Gasteiger partial charge is 0.341 e. The van der Waals surface area contributed by atoms with E-state index < -0.39 is 11.9 Å². The summed E-state index contributed by atoms with van der Waals surface area (Å²) in [5.74, 6) is -0.537. The van der Waals surface area contributed by atoms with Gasteiger partial charge in [-0.2, -0.15) is 0 Å². The Hall–Kier alpha value is -4.24. The van der Waals surface area contributed by atoms with Gasteiger partial charge in [0.15, 0.2) is 10.8 Å². The molecular weight excluding hydrogens is 502 g/mol. The van der Waals surface area contributed by atoms with Crippen LogP contribution in [0.4, 0.5) is 16.4 Å². The Morgan fingerprint density at radius 3 is 2.58 bits per heavy atom. The third-order valence-electron chi connectivity index (χ3n) is 6.46. The Balaban J connectivity index is 1.55. The molecule has 194 valence electrons. The summed E-state index contributed by atoms with van der Waals surface area (Å²) in [4.78, 5) is 27.1. The van der Waals surface area contributed by atoms with E-state index in [-0.39, 0.29) is 23.6 Å². The van der Waals surface area contributed by atoms with Gasteiger partial charge in [0.05, 0.1) is 19.3 Å². The number of aromatic hydroxyl groups is 1. The molecule has 0 fully saturated rings. The van der Waals surface area contributed by atoms with Crippen molar-refractivity contribution in [3.63, 3.8) is 0 Å². The van der Waals surface area contributed by atoms with Gasteiger partial charge >= 0.3 is 5.97 Å². The summed E-state index contributed by atoms with van der Waals surface area (Å²) in [7, 11) is 1.57. The number of esters is 1. The zero-order valence-electron chi connectivity index (χ0n) is 21.1. The number of phenolic OH excluding ortho intramolecular Hbond substituents is 1. The molecule has 1 aliphatic rings. The number of phenols is 1. The quantitative estimate of drug-likeness (QED) is 0.192. The van der Waals surface area contributed by atoms with Gasteiger partial charge in [-0.05, 0) is 73.9 Å². The number of benzene rings is 3. The molecule has 2 N–H and O–H groups in total. The number of hydrogen-bond acceptors (Lipinski definition) is 8. The van der Waals surface area contributed by atoms with Gasteiger partial charge in [-0.25, -0.2) is 4.79 Å². The fraction of sp³-hybridized carbons (Fsp3) is 0.241. The fourth-order valence-electron chi connectivity index (χ4n) is 4.60. The molecule has 1 amide bonds. The first-order valence-corrected chi connectivity index (χ1v) is 13.2. The Labute approximate surface area is 223 Å². The van der Waals surface area contributed by atoms with E-state index in [9.17, 15) is 14.7 Å². The molecule has 3 aromatic carbocycles. The van der Waals surface area contributed by atoms with Crippen LogP contribution in [0.25, 0.3) is 10.8 Å². The van der Waals surface area contributed by atoms with Crippen LogP contribution in [-0.4, -0.2) is 30.7 Å². The molecule has 5 rings (SSSR count). The summed E-state index contributed by atoms with van der Waals surface area (Å²) in [5, 5.41) is 24.6. The van der Waals surface area contributed by atoms with Crippen molar-refractivity contribution in [3.05, 3.63) is 76.2 Å². The average molecular weight is 530 g/mol. The van der Waals surface area contributed by atoms with Crippen LogP contribution in [0.5, 0.6) is 11.5 Å². The third kappa shape index (κ3) is 4.97. The predicted molar refractivity (Wildman–Crippen MR) is 148 cm³/mol. The number of amides is 1. The first-order chi connectivity index (χ1) is 18.5. The minimum absolute atomic E-state index is 0.0598. The van der Waals surface area contributed by atoms with Crippen LogP contribution in [0.2, 0.25) is 0 Å². The van der Waals surface area contributed by atoms with Crippen molar-refractivity contribution in [2.75, 3.05) is 19.0 Å². The SMILES string of the molecule is CCOC(=O)c1c(/N=N/c2c(O)c(C(=O)Nc3ccc(OC)cc3)cc3ccccc23)sc2c1CCCC2. The van der Waals surface area contributed by atoms with Crippen LogP contribution in [-0.2, 0) is 17.6 Å². The van der Waals surface area contributed by atoms with Gasteiger partial charge in [-0.15, -0.1) is 21.6 Å². The lowest BCUT2D eigenvalue weighted by molar-refractivity contribution is 0.0526. The Morgan fingerprint density at radius 1 is 1.05 bits per heavy atom. The summed E-state index contributed by atoms with van der Waals surface area (Å²) in [6, 6.07) is 15.8. The highest BCUT2D eigenvalue weighted by atomic mass is 32.1. The largest absolute Gasteiger partial charge is 0.505 e. The molecule has 0 spiro atoms. The highest BCUT2D eigenvalue weighted by molar-refractivity contribution is 7.16. The number of rotatable bonds is 7. The average Bonchev–Trinajstić information content (AvgIpc) is 3.31. The molecule has 9 heteroatoms. The van der Waals surface area contributed by atoms with Gasteiger partial charge < -0.3 is 19.9 Å². The van der Waals surface area contributed by atoms with Gasteiger partial charge in [-0.3, -0.25) is 4.79 Å². The second kappa shape index (κ2) is 11.0. The number of azo groups is 1. The maximum absolute atomic E-state index is 13.2. The number of fused-ring (bicyclic) bond motifs is 2. The molecule has 0 saturated heterocycles. The molecule has 1 heterocycles. The molecule has 1 aromatic heterocycles. The number of nitrogens with zero attached hydrogens (tertiary/aromatic N) is 2. The molecule has 8 nitrogen and oxygen atoms in total. The van der Waals surface area contributed by atoms with E-state index in [1.54, 1.807) is 50.4 Å². The van der Waals surface area contributed by atoms with Gasteiger partial charge in [0.25, 0.3) is 5.91 Å². The maximum Gasteiger partial charge on any atom is 0.341 e. The molecule has 1 aliphatic carbocycles. The predicted octanol–water partition coefficient (Wildman–Crippen LogP) is 7.34. The van der Waals surface area contributed by atoms with Crippen LogP contribution in [0.1, 0.15) is 50.9 Å². The molecule has 4 aromatic rings. The van der Waals surface area contributed by atoms with Crippen molar-refractivity contribution < 1.29 is 24.2 Å². The zero-order valence-corrected chi connectivity index (χ0v) is 21.9. The molecule has 0 saturated carbocycles. The number of carbonyl (C=O) groups is 2. The van der Waals surface area contributed by atoms with Crippen molar-refractivity contribution in [2.45, 2.75) is 32.6 Å². The van der Waals surface area contributed by atoms with E-state index in [2.05, 4.69) is 15.5 Å². The molecule has 38 heavy (non-hydrogen) atoms. The lowest BCUT2D eigenvalue weighted by Crippen LogP contribution is -2.12. The van der Waals surface area contributed by atoms with Crippen LogP contribution in [0, 0.1) is 0 Å². The van der Waals surface area contributed by atoms with Crippen LogP contribution in [0.15, 0.2) is 64.8 Å². The van der Waals surface area contributed by atoms with Crippen molar-refractivity contribution in [1.82, 2.24) is 0 Å². The minimum atomic E-state index is -0.492. The molecule has 0 aliphatic heterocycles. The van der Waals surface area contributed by atoms with Gasteiger partial charge in [0.1, 0.15) is 17.0 Å². The Morgan fingerprint density at radius 2 is 1.82 bits per heavy atom. The number of methoxy groups -OCH3 is 1. The number of hydrogen-bond donors (Lipinski definition) is 2. The van der Waals surface area contributed by atoms with E-state index in [1.165, 1.54) is 11.3 Å². The highest BCUT2D eigenvalue weighted by Crippen LogP contribution is 2.43. The maximum atomic E-state index is 13.2. The highest BCUT2D eigenvalue weighted by Gasteiger charge is 2.27. The zero-order chi connectivity index (χ0) is 26.6.